The second-order valence-electron chi connectivity index (χ2n) is 10.7. The molecule has 0 amide bonds. The van der Waals surface area contributed by atoms with E-state index in [9.17, 15) is 9.18 Å². The first-order valence-electron chi connectivity index (χ1n) is 13.2. The standard InChI is InChI=1S/C29H41FO3/c1-3-4-5-6-20-7-8-25-18-24(14-13-23(25)17-20)21-9-11-22(12-10-21)29(31)33-28-16-15-26(32-2)19-27(28)30/h3-4,15-16,19-25H,5-14,17-18H2,1-2H3/b4-3+. The Labute approximate surface area is 199 Å². The molecule has 4 rings (SSSR count). The maximum absolute atomic E-state index is 14.1. The lowest BCUT2D eigenvalue weighted by molar-refractivity contribution is -0.140. The van der Waals surface area contributed by atoms with Crippen molar-refractivity contribution in [3.8, 4) is 11.5 Å². The Morgan fingerprint density at radius 2 is 1.64 bits per heavy atom. The van der Waals surface area contributed by atoms with Gasteiger partial charge in [-0.25, -0.2) is 4.39 Å². The van der Waals surface area contributed by atoms with Crippen LogP contribution in [0.15, 0.2) is 30.4 Å². The first kappa shape index (κ1) is 24.3. The average molecular weight is 457 g/mol. The van der Waals surface area contributed by atoms with Crippen molar-refractivity contribution in [2.75, 3.05) is 7.11 Å². The minimum absolute atomic E-state index is 0.00237. The Kier molecular flexibility index (Phi) is 8.49. The van der Waals surface area contributed by atoms with Gasteiger partial charge in [-0.2, -0.15) is 0 Å². The van der Waals surface area contributed by atoms with E-state index in [1.54, 1.807) is 6.07 Å². The number of hydrogen-bond donors (Lipinski definition) is 0. The SMILES string of the molecule is C/C=C/CCC1CCC2CC(C3CCC(C(=O)Oc4ccc(OC)cc4F)CC3)CCC2C1. The van der Waals surface area contributed by atoms with E-state index >= 15 is 0 Å². The summed E-state index contributed by atoms with van der Waals surface area (Å²) >= 11 is 0. The van der Waals surface area contributed by atoms with E-state index < -0.39 is 5.82 Å². The van der Waals surface area contributed by atoms with Crippen LogP contribution in [0, 0.1) is 41.3 Å². The molecule has 4 unspecified atom stereocenters. The molecular formula is C29H41FO3. The Balaban J connectivity index is 1.22. The smallest absolute Gasteiger partial charge is 0.314 e. The van der Waals surface area contributed by atoms with E-state index in [1.165, 1.54) is 70.6 Å². The van der Waals surface area contributed by atoms with E-state index in [0.29, 0.717) is 5.75 Å². The van der Waals surface area contributed by atoms with Crippen LogP contribution in [0.3, 0.4) is 0 Å². The number of ether oxygens (including phenoxy) is 2. The number of allylic oxidation sites excluding steroid dienone is 2. The molecule has 4 heteroatoms. The fourth-order valence-corrected chi connectivity index (χ4v) is 6.92. The monoisotopic (exact) mass is 456 g/mol. The number of methoxy groups -OCH3 is 1. The third-order valence-corrected chi connectivity index (χ3v) is 8.86. The molecule has 0 saturated heterocycles. The minimum Gasteiger partial charge on any atom is -0.497 e. The number of esters is 1. The van der Waals surface area contributed by atoms with Gasteiger partial charge in [-0.15, -0.1) is 0 Å². The van der Waals surface area contributed by atoms with Crippen molar-refractivity contribution in [3.05, 3.63) is 36.2 Å². The van der Waals surface area contributed by atoms with Crippen LogP contribution < -0.4 is 9.47 Å². The molecule has 3 fully saturated rings. The number of hydrogen-bond acceptors (Lipinski definition) is 3. The summed E-state index contributed by atoms with van der Waals surface area (Å²) in [5.41, 5.74) is 0. The molecule has 0 heterocycles. The van der Waals surface area contributed by atoms with Crippen molar-refractivity contribution >= 4 is 5.97 Å². The zero-order valence-corrected chi connectivity index (χ0v) is 20.4. The lowest BCUT2D eigenvalue weighted by Crippen LogP contribution is -2.35. The van der Waals surface area contributed by atoms with Crippen LogP contribution in [-0.4, -0.2) is 13.1 Å². The van der Waals surface area contributed by atoms with Crippen molar-refractivity contribution in [2.45, 2.75) is 84.0 Å². The Bertz CT molecular complexity index is 811. The van der Waals surface area contributed by atoms with Gasteiger partial charge in [0, 0.05) is 6.07 Å². The van der Waals surface area contributed by atoms with Crippen molar-refractivity contribution in [3.63, 3.8) is 0 Å². The van der Waals surface area contributed by atoms with E-state index in [2.05, 4.69) is 19.1 Å². The van der Waals surface area contributed by atoms with Crippen LogP contribution in [0.5, 0.6) is 11.5 Å². The topological polar surface area (TPSA) is 35.5 Å². The van der Waals surface area contributed by atoms with Gasteiger partial charge in [-0.3, -0.25) is 4.79 Å². The Morgan fingerprint density at radius 1 is 0.970 bits per heavy atom. The van der Waals surface area contributed by atoms with E-state index in [4.69, 9.17) is 9.47 Å². The maximum Gasteiger partial charge on any atom is 0.314 e. The van der Waals surface area contributed by atoms with E-state index in [-0.39, 0.29) is 17.6 Å². The first-order chi connectivity index (χ1) is 16.1. The first-order valence-corrected chi connectivity index (χ1v) is 13.2. The van der Waals surface area contributed by atoms with Gasteiger partial charge in [0.1, 0.15) is 5.75 Å². The second-order valence-corrected chi connectivity index (χ2v) is 10.7. The summed E-state index contributed by atoms with van der Waals surface area (Å²) < 4.78 is 24.6. The van der Waals surface area contributed by atoms with Crippen LogP contribution in [0.2, 0.25) is 0 Å². The van der Waals surface area contributed by atoms with Crippen LogP contribution in [0.25, 0.3) is 0 Å². The molecule has 0 bridgehead atoms. The van der Waals surface area contributed by atoms with Gasteiger partial charge >= 0.3 is 5.97 Å². The highest BCUT2D eigenvalue weighted by Gasteiger charge is 2.39. The zero-order valence-electron chi connectivity index (χ0n) is 20.4. The zero-order chi connectivity index (χ0) is 23.2. The highest BCUT2D eigenvalue weighted by molar-refractivity contribution is 5.75. The molecule has 0 aromatic heterocycles. The molecule has 1 aromatic rings. The van der Waals surface area contributed by atoms with Crippen LogP contribution in [0.4, 0.5) is 4.39 Å². The van der Waals surface area contributed by atoms with E-state index in [1.807, 2.05) is 0 Å². The van der Waals surface area contributed by atoms with Crippen molar-refractivity contribution in [1.29, 1.82) is 0 Å². The molecule has 182 valence electrons. The summed E-state index contributed by atoms with van der Waals surface area (Å²) in [7, 11) is 1.49. The summed E-state index contributed by atoms with van der Waals surface area (Å²) in [5.74, 6) is 3.90. The average Bonchev–Trinajstić information content (AvgIpc) is 2.85. The van der Waals surface area contributed by atoms with Crippen LogP contribution in [0.1, 0.15) is 84.0 Å². The number of rotatable bonds is 7. The fourth-order valence-electron chi connectivity index (χ4n) is 6.92. The number of carbonyl (C=O) groups is 1. The summed E-state index contributed by atoms with van der Waals surface area (Å²) in [4.78, 5) is 12.6. The van der Waals surface area contributed by atoms with Gasteiger partial charge < -0.3 is 9.47 Å². The van der Waals surface area contributed by atoms with Gasteiger partial charge in [-0.05, 0) is 119 Å². The number of carbonyl (C=O) groups excluding carboxylic acids is 1. The second kappa shape index (κ2) is 11.5. The Morgan fingerprint density at radius 3 is 2.33 bits per heavy atom. The van der Waals surface area contributed by atoms with Gasteiger partial charge in [0.25, 0.3) is 0 Å². The third-order valence-electron chi connectivity index (χ3n) is 8.86. The summed E-state index contributed by atoms with van der Waals surface area (Å²) in [6.45, 7) is 2.12. The van der Waals surface area contributed by atoms with Crippen LogP contribution >= 0.6 is 0 Å². The number of fused-ring (bicyclic) bond motifs is 1. The normalized spacial score (nSPS) is 32.3. The molecule has 33 heavy (non-hydrogen) atoms. The lowest BCUT2D eigenvalue weighted by atomic mass is 9.60. The van der Waals surface area contributed by atoms with Gasteiger partial charge in [0.05, 0.1) is 13.0 Å². The molecular weight excluding hydrogens is 415 g/mol. The molecule has 1 aromatic carbocycles. The molecule has 3 aliphatic rings. The third kappa shape index (κ3) is 6.19. The van der Waals surface area contributed by atoms with Crippen molar-refractivity contribution in [2.24, 2.45) is 35.5 Å². The number of benzene rings is 1. The molecule has 0 aliphatic heterocycles. The maximum atomic E-state index is 14.1. The Hall–Kier alpha value is -1.84. The molecule has 3 nitrogen and oxygen atoms in total. The van der Waals surface area contributed by atoms with Crippen LogP contribution in [-0.2, 0) is 4.79 Å². The molecule has 0 radical (unpaired) electrons. The van der Waals surface area contributed by atoms with Gasteiger partial charge in [0.15, 0.2) is 11.6 Å². The predicted octanol–water partition coefficient (Wildman–Crippen LogP) is 7.74. The quantitative estimate of drug-likeness (QED) is 0.239. The summed E-state index contributed by atoms with van der Waals surface area (Å²) in [5, 5.41) is 0. The highest BCUT2D eigenvalue weighted by Crippen LogP contribution is 2.49. The van der Waals surface area contributed by atoms with Gasteiger partial charge in [-0.1, -0.05) is 18.6 Å². The summed E-state index contributed by atoms with van der Waals surface area (Å²) in [6, 6.07) is 4.35. The van der Waals surface area contributed by atoms with Crippen molar-refractivity contribution < 1.29 is 18.7 Å². The summed E-state index contributed by atoms with van der Waals surface area (Å²) in [6.07, 6.45) is 19.6. The fraction of sp³-hybridized carbons (Fsp3) is 0.690. The van der Waals surface area contributed by atoms with E-state index in [0.717, 1.165) is 55.3 Å². The number of halogens is 1. The molecule has 0 spiro atoms. The molecule has 4 atom stereocenters. The van der Waals surface area contributed by atoms with Crippen molar-refractivity contribution in [1.82, 2.24) is 0 Å². The molecule has 0 N–H and O–H groups in total. The molecule has 3 saturated carbocycles. The minimum atomic E-state index is -0.551. The lowest BCUT2D eigenvalue weighted by Gasteiger charge is -2.45. The largest absolute Gasteiger partial charge is 0.497 e. The molecule has 3 aliphatic carbocycles. The highest BCUT2D eigenvalue weighted by atomic mass is 19.1. The van der Waals surface area contributed by atoms with Gasteiger partial charge in [0.2, 0.25) is 0 Å². The predicted molar refractivity (Wildman–Crippen MR) is 130 cm³/mol.